The first-order chi connectivity index (χ1) is 11.7. The summed E-state index contributed by atoms with van der Waals surface area (Å²) in [6.07, 6.45) is 0.329. The molecule has 0 aliphatic carbocycles. The van der Waals surface area contributed by atoms with Crippen molar-refractivity contribution in [2.45, 2.75) is 20.0 Å². The van der Waals surface area contributed by atoms with Crippen LogP contribution in [0, 0.1) is 0 Å². The van der Waals surface area contributed by atoms with Crippen LogP contribution in [0.5, 0.6) is 0 Å². The van der Waals surface area contributed by atoms with Crippen LogP contribution in [0.25, 0.3) is 0 Å². The number of aliphatic hydroxyl groups is 1. The largest absolute Gasteiger partial charge is 0.378 e. The van der Waals surface area contributed by atoms with Crippen LogP contribution < -0.4 is 10.3 Å². The van der Waals surface area contributed by atoms with Crippen LogP contribution in [0.1, 0.15) is 31.1 Å². The van der Waals surface area contributed by atoms with Crippen molar-refractivity contribution in [1.29, 1.82) is 0 Å². The molecule has 2 rings (SSSR count). The van der Waals surface area contributed by atoms with E-state index < -0.39 is 12.0 Å². The number of hydrogen-bond donors (Lipinski definition) is 2. The molecule has 1 atom stereocenters. The van der Waals surface area contributed by atoms with E-state index in [-0.39, 0.29) is 0 Å². The summed E-state index contributed by atoms with van der Waals surface area (Å²) < 4.78 is 0. The zero-order valence-electron chi connectivity index (χ0n) is 14.0. The smallest absolute Gasteiger partial charge is 0.273 e. The molecule has 2 aromatic rings. The van der Waals surface area contributed by atoms with E-state index in [9.17, 15) is 9.90 Å². The molecule has 126 valence electrons. The van der Waals surface area contributed by atoms with Crippen LogP contribution in [-0.2, 0) is 4.79 Å². The molecule has 0 radical (unpaired) electrons. The Hall–Kier alpha value is -2.66. The monoisotopic (exact) mass is 325 g/mol. The number of carbonyl (C=O) groups is 1. The van der Waals surface area contributed by atoms with Crippen LogP contribution in [0.4, 0.5) is 5.69 Å². The molecule has 0 aliphatic rings. The Morgan fingerprint density at radius 3 is 2.33 bits per heavy atom. The van der Waals surface area contributed by atoms with Gasteiger partial charge in [-0.2, -0.15) is 5.10 Å². The van der Waals surface area contributed by atoms with Gasteiger partial charge in [0.15, 0.2) is 6.10 Å². The van der Waals surface area contributed by atoms with E-state index in [2.05, 4.69) is 29.3 Å². The average Bonchev–Trinajstić information content (AvgIpc) is 2.64. The lowest BCUT2D eigenvalue weighted by atomic mass is 10.1. The Balaban J connectivity index is 1.93. The summed E-state index contributed by atoms with van der Waals surface area (Å²) in [7, 11) is 0. The maximum absolute atomic E-state index is 11.9. The topological polar surface area (TPSA) is 64.9 Å². The molecule has 2 N–H and O–H groups in total. The number of amides is 1. The summed E-state index contributed by atoms with van der Waals surface area (Å²) in [6, 6.07) is 16.7. The van der Waals surface area contributed by atoms with E-state index in [0.29, 0.717) is 5.56 Å². The predicted octanol–water partition coefficient (Wildman–Crippen LogP) is 2.72. The first-order valence-corrected chi connectivity index (χ1v) is 8.06. The first kappa shape index (κ1) is 17.7. The number of nitrogens with one attached hydrogen (secondary N) is 1. The fourth-order valence-corrected chi connectivity index (χ4v) is 2.38. The molecule has 5 nitrogen and oxygen atoms in total. The minimum Gasteiger partial charge on any atom is -0.378 e. The van der Waals surface area contributed by atoms with Gasteiger partial charge < -0.3 is 10.0 Å². The summed E-state index contributed by atoms with van der Waals surface area (Å²) in [6.45, 7) is 6.15. The number of hydrazone groups is 1. The molecule has 0 spiro atoms. The average molecular weight is 325 g/mol. The van der Waals surface area contributed by atoms with Gasteiger partial charge in [-0.3, -0.25) is 4.79 Å². The Bertz CT molecular complexity index is 665. The molecule has 0 aliphatic heterocycles. The summed E-state index contributed by atoms with van der Waals surface area (Å²) in [5.41, 5.74) is 4.92. The number of benzene rings is 2. The molecule has 0 saturated heterocycles. The molecule has 0 saturated carbocycles. The second-order valence-electron chi connectivity index (χ2n) is 5.31. The molecule has 0 unspecified atom stereocenters. The maximum atomic E-state index is 11.9. The van der Waals surface area contributed by atoms with Gasteiger partial charge in [-0.1, -0.05) is 42.5 Å². The molecule has 5 heteroatoms. The fraction of sp³-hybridized carbons (Fsp3) is 0.263. The van der Waals surface area contributed by atoms with Crippen LogP contribution in [0.2, 0.25) is 0 Å². The van der Waals surface area contributed by atoms with E-state index in [0.717, 1.165) is 24.3 Å². The second-order valence-corrected chi connectivity index (χ2v) is 5.31. The number of hydrogen-bond acceptors (Lipinski definition) is 4. The van der Waals surface area contributed by atoms with Gasteiger partial charge >= 0.3 is 0 Å². The number of carbonyl (C=O) groups excluding carboxylic acids is 1. The van der Waals surface area contributed by atoms with Crippen molar-refractivity contribution in [2.75, 3.05) is 18.0 Å². The Morgan fingerprint density at radius 2 is 1.75 bits per heavy atom. The van der Waals surface area contributed by atoms with E-state index in [4.69, 9.17) is 0 Å². The summed E-state index contributed by atoms with van der Waals surface area (Å²) in [5.74, 6) is -0.558. The highest BCUT2D eigenvalue weighted by Crippen LogP contribution is 2.14. The molecular formula is C19H23N3O2. The molecule has 0 heterocycles. The van der Waals surface area contributed by atoms with E-state index in [1.807, 2.05) is 30.3 Å². The summed E-state index contributed by atoms with van der Waals surface area (Å²) in [5, 5.41) is 13.9. The van der Waals surface area contributed by atoms with Crippen LogP contribution in [-0.4, -0.2) is 30.3 Å². The van der Waals surface area contributed by atoms with Gasteiger partial charge in [-0.15, -0.1) is 0 Å². The second kappa shape index (κ2) is 8.84. The first-order valence-electron chi connectivity index (χ1n) is 8.06. The highest BCUT2D eigenvalue weighted by Gasteiger charge is 2.15. The summed E-state index contributed by atoms with van der Waals surface area (Å²) in [4.78, 5) is 14.1. The number of nitrogens with zero attached hydrogens (tertiary/aromatic N) is 2. The van der Waals surface area contributed by atoms with Crippen LogP contribution in [0.3, 0.4) is 0 Å². The molecule has 0 bridgehead atoms. The fourth-order valence-electron chi connectivity index (χ4n) is 2.38. The maximum Gasteiger partial charge on any atom is 0.273 e. The zero-order valence-corrected chi connectivity index (χ0v) is 14.0. The van der Waals surface area contributed by atoms with Gasteiger partial charge in [0.1, 0.15) is 0 Å². The lowest BCUT2D eigenvalue weighted by Crippen LogP contribution is -2.25. The molecule has 24 heavy (non-hydrogen) atoms. The lowest BCUT2D eigenvalue weighted by molar-refractivity contribution is -0.129. The quantitative estimate of drug-likeness (QED) is 0.608. The summed E-state index contributed by atoms with van der Waals surface area (Å²) >= 11 is 0. The molecule has 1 amide bonds. The Morgan fingerprint density at radius 1 is 1.12 bits per heavy atom. The number of aliphatic hydroxyl groups excluding tert-OH is 1. The van der Waals surface area contributed by atoms with Gasteiger partial charge in [0.05, 0.1) is 6.21 Å². The van der Waals surface area contributed by atoms with E-state index in [1.54, 1.807) is 30.5 Å². The molecule has 0 aromatic heterocycles. The van der Waals surface area contributed by atoms with Crippen molar-refractivity contribution in [3.8, 4) is 0 Å². The van der Waals surface area contributed by atoms with Crippen molar-refractivity contribution < 1.29 is 9.90 Å². The standard InChI is InChI=1S/C19H23N3O2/c1-3-22(4-2)17-12-10-15(11-13-17)14-20-21-19(24)18(23)16-8-6-5-7-9-16/h5-14,18,23H,3-4H2,1-2H3,(H,21,24)/b20-14-/t18-/m1/s1. The van der Waals surface area contributed by atoms with Crippen molar-refractivity contribution in [3.63, 3.8) is 0 Å². The normalized spacial score (nSPS) is 12.1. The lowest BCUT2D eigenvalue weighted by Gasteiger charge is -2.20. The van der Waals surface area contributed by atoms with Gasteiger partial charge in [0, 0.05) is 18.8 Å². The van der Waals surface area contributed by atoms with Gasteiger partial charge in [0.25, 0.3) is 5.91 Å². The van der Waals surface area contributed by atoms with E-state index in [1.165, 1.54) is 0 Å². The molecule has 2 aromatic carbocycles. The highest BCUT2D eigenvalue weighted by atomic mass is 16.3. The van der Waals surface area contributed by atoms with Crippen molar-refractivity contribution in [1.82, 2.24) is 5.43 Å². The minimum atomic E-state index is -1.23. The van der Waals surface area contributed by atoms with Gasteiger partial charge in [0.2, 0.25) is 0 Å². The predicted molar refractivity (Wildman–Crippen MR) is 97.1 cm³/mol. The van der Waals surface area contributed by atoms with Crippen molar-refractivity contribution in [3.05, 3.63) is 65.7 Å². The number of rotatable bonds is 7. The van der Waals surface area contributed by atoms with Gasteiger partial charge in [-0.25, -0.2) is 5.43 Å². The van der Waals surface area contributed by atoms with Crippen molar-refractivity contribution >= 4 is 17.8 Å². The number of anilines is 1. The molecule has 0 fully saturated rings. The van der Waals surface area contributed by atoms with E-state index >= 15 is 0 Å². The third-order valence-corrected chi connectivity index (χ3v) is 3.77. The SMILES string of the molecule is CCN(CC)c1ccc(/C=N\NC(=O)[C@H](O)c2ccccc2)cc1. The third-order valence-electron chi connectivity index (χ3n) is 3.77. The minimum absolute atomic E-state index is 0.536. The third kappa shape index (κ3) is 4.67. The van der Waals surface area contributed by atoms with Crippen molar-refractivity contribution in [2.24, 2.45) is 5.10 Å². The Labute approximate surface area is 142 Å². The zero-order chi connectivity index (χ0) is 17.4. The highest BCUT2D eigenvalue weighted by molar-refractivity contribution is 5.85. The van der Waals surface area contributed by atoms with Gasteiger partial charge in [-0.05, 0) is 37.1 Å². The Kier molecular flexibility index (Phi) is 6.51. The van der Waals surface area contributed by atoms with Crippen LogP contribution >= 0.6 is 0 Å². The molecular weight excluding hydrogens is 302 g/mol. The van der Waals surface area contributed by atoms with Crippen LogP contribution in [0.15, 0.2) is 59.7 Å².